The molecule has 1 amide bonds. The number of hydrogen-bond donors (Lipinski definition) is 1. The topological polar surface area (TPSA) is 37.3 Å². The van der Waals surface area contributed by atoms with Crippen LogP contribution in [0.5, 0.6) is 0 Å². The summed E-state index contributed by atoms with van der Waals surface area (Å²) in [5.74, 6) is 0.744. The molecule has 0 saturated carbocycles. The predicted molar refractivity (Wildman–Crippen MR) is 109 cm³/mol. The third-order valence-electron chi connectivity index (χ3n) is 6.33. The standard InChI is InChI=1S/C23H31N3O/c27-23(24-18-20-11-8-16-25-13-5-4-12-21(20)25)22(26-14-6-7-15-26)17-19-9-2-1-3-10-19/h1-3,6-7,9-10,14-15,20-22H,4-5,8,11-13,16-18H2,(H,24,27)/t20-,21+,22+/m0/s1. The van der Waals surface area contributed by atoms with E-state index >= 15 is 0 Å². The molecule has 2 aromatic rings. The average Bonchev–Trinajstić information content (AvgIpc) is 3.25. The number of fused-ring (bicyclic) bond motifs is 1. The van der Waals surface area contributed by atoms with Gasteiger partial charge in [-0.15, -0.1) is 0 Å². The van der Waals surface area contributed by atoms with Gasteiger partial charge in [-0.2, -0.15) is 0 Å². The van der Waals surface area contributed by atoms with Crippen LogP contribution in [0.2, 0.25) is 0 Å². The van der Waals surface area contributed by atoms with Crippen molar-refractivity contribution in [2.75, 3.05) is 19.6 Å². The number of aromatic nitrogens is 1. The van der Waals surface area contributed by atoms with Crippen molar-refractivity contribution in [3.63, 3.8) is 0 Å². The third-order valence-corrected chi connectivity index (χ3v) is 6.33. The van der Waals surface area contributed by atoms with Crippen molar-refractivity contribution in [2.45, 2.75) is 50.6 Å². The molecule has 2 aliphatic heterocycles. The molecule has 2 fully saturated rings. The van der Waals surface area contributed by atoms with Gasteiger partial charge in [0.25, 0.3) is 0 Å². The van der Waals surface area contributed by atoms with E-state index in [-0.39, 0.29) is 11.9 Å². The van der Waals surface area contributed by atoms with Crippen molar-refractivity contribution in [3.05, 3.63) is 60.4 Å². The molecule has 1 aromatic heterocycles. The van der Waals surface area contributed by atoms with Gasteiger partial charge in [0.15, 0.2) is 0 Å². The Morgan fingerprint density at radius 1 is 1.00 bits per heavy atom. The lowest BCUT2D eigenvalue weighted by molar-refractivity contribution is -0.124. The molecule has 1 N–H and O–H groups in total. The first-order valence-corrected chi connectivity index (χ1v) is 10.5. The van der Waals surface area contributed by atoms with Crippen LogP contribution >= 0.6 is 0 Å². The van der Waals surface area contributed by atoms with Crippen LogP contribution in [0.15, 0.2) is 54.9 Å². The lowest BCUT2D eigenvalue weighted by Crippen LogP contribution is -2.51. The summed E-state index contributed by atoms with van der Waals surface area (Å²) in [6, 6.07) is 14.8. The van der Waals surface area contributed by atoms with Gasteiger partial charge < -0.3 is 14.8 Å². The normalized spacial score (nSPS) is 24.1. The number of piperidine rings is 2. The van der Waals surface area contributed by atoms with Crippen molar-refractivity contribution >= 4 is 5.91 Å². The summed E-state index contributed by atoms with van der Waals surface area (Å²) in [4.78, 5) is 15.8. The van der Waals surface area contributed by atoms with Crippen LogP contribution < -0.4 is 5.32 Å². The van der Waals surface area contributed by atoms with Crippen LogP contribution in [0, 0.1) is 5.92 Å². The highest BCUT2D eigenvalue weighted by molar-refractivity contribution is 5.80. The number of amides is 1. The molecule has 4 nitrogen and oxygen atoms in total. The van der Waals surface area contributed by atoms with Gasteiger partial charge in [-0.05, 0) is 62.4 Å². The Morgan fingerprint density at radius 2 is 1.78 bits per heavy atom. The van der Waals surface area contributed by atoms with Crippen LogP contribution in [0.1, 0.15) is 43.7 Å². The quantitative estimate of drug-likeness (QED) is 0.848. The summed E-state index contributed by atoms with van der Waals surface area (Å²) in [6.07, 6.45) is 11.2. The highest BCUT2D eigenvalue weighted by Crippen LogP contribution is 2.30. The molecule has 144 valence electrons. The largest absolute Gasteiger partial charge is 0.354 e. The molecule has 2 saturated heterocycles. The number of nitrogens with zero attached hydrogens (tertiary/aromatic N) is 2. The Labute approximate surface area is 162 Å². The zero-order valence-electron chi connectivity index (χ0n) is 16.1. The molecule has 4 heteroatoms. The van der Waals surface area contributed by atoms with Gasteiger partial charge in [-0.3, -0.25) is 4.79 Å². The fourth-order valence-electron chi connectivity index (χ4n) is 4.89. The summed E-state index contributed by atoms with van der Waals surface area (Å²) < 4.78 is 2.04. The Bertz CT molecular complexity index is 710. The first-order valence-electron chi connectivity index (χ1n) is 10.5. The number of carbonyl (C=O) groups excluding carboxylic acids is 1. The minimum Gasteiger partial charge on any atom is -0.354 e. The van der Waals surface area contributed by atoms with Crippen molar-refractivity contribution in [2.24, 2.45) is 5.92 Å². The average molecular weight is 366 g/mol. The van der Waals surface area contributed by atoms with E-state index in [0.717, 1.165) is 13.0 Å². The smallest absolute Gasteiger partial charge is 0.243 e. The van der Waals surface area contributed by atoms with Crippen LogP contribution in [0.25, 0.3) is 0 Å². The van der Waals surface area contributed by atoms with Crippen molar-refractivity contribution in [1.29, 1.82) is 0 Å². The number of rotatable bonds is 6. The molecule has 3 atom stereocenters. The second-order valence-corrected chi connectivity index (χ2v) is 8.08. The van der Waals surface area contributed by atoms with Gasteiger partial charge in [-0.25, -0.2) is 0 Å². The maximum Gasteiger partial charge on any atom is 0.243 e. The predicted octanol–water partition coefficient (Wildman–Crippen LogP) is 3.65. The number of carbonyl (C=O) groups is 1. The molecular weight excluding hydrogens is 334 g/mol. The molecule has 27 heavy (non-hydrogen) atoms. The summed E-state index contributed by atoms with van der Waals surface area (Å²) in [5.41, 5.74) is 1.20. The molecule has 0 aliphatic carbocycles. The molecule has 4 rings (SSSR count). The maximum absolute atomic E-state index is 13.1. The SMILES string of the molecule is O=C(NC[C@@H]1CCCN2CCCC[C@H]12)[C@@H](Cc1ccccc1)n1cccc1. The van der Waals surface area contributed by atoms with Crippen molar-refractivity contribution < 1.29 is 4.79 Å². The van der Waals surface area contributed by atoms with Gasteiger partial charge in [0.2, 0.25) is 5.91 Å². The number of nitrogens with one attached hydrogen (secondary N) is 1. The fraction of sp³-hybridized carbons (Fsp3) is 0.522. The zero-order chi connectivity index (χ0) is 18.5. The molecule has 0 spiro atoms. The van der Waals surface area contributed by atoms with Crippen LogP contribution in [0.4, 0.5) is 0 Å². The van der Waals surface area contributed by atoms with E-state index in [1.165, 1.54) is 50.8 Å². The Balaban J connectivity index is 1.41. The molecule has 0 radical (unpaired) electrons. The molecule has 0 bridgehead atoms. The number of benzene rings is 1. The second-order valence-electron chi connectivity index (χ2n) is 8.08. The third kappa shape index (κ3) is 4.44. The minimum atomic E-state index is -0.187. The molecule has 2 aliphatic rings. The van der Waals surface area contributed by atoms with Gasteiger partial charge in [0.1, 0.15) is 6.04 Å². The van der Waals surface area contributed by atoms with Gasteiger partial charge in [0, 0.05) is 31.4 Å². The van der Waals surface area contributed by atoms with Crippen molar-refractivity contribution in [3.8, 4) is 0 Å². The molecule has 0 unspecified atom stereocenters. The lowest BCUT2D eigenvalue weighted by Gasteiger charge is -2.44. The maximum atomic E-state index is 13.1. The first kappa shape index (κ1) is 18.3. The second kappa shape index (κ2) is 8.75. The van der Waals surface area contributed by atoms with Crippen LogP contribution in [-0.2, 0) is 11.2 Å². The highest BCUT2D eigenvalue weighted by Gasteiger charge is 2.33. The Hall–Kier alpha value is -2.07. The lowest BCUT2D eigenvalue weighted by atomic mass is 9.83. The van der Waals surface area contributed by atoms with E-state index in [9.17, 15) is 4.79 Å². The van der Waals surface area contributed by atoms with E-state index in [4.69, 9.17) is 0 Å². The zero-order valence-corrected chi connectivity index (χ0v) is 16.1. The van der Waals surface area contributed by atoms with E-state index in [1.54, 1.807) is 0 Å². The van der Waals surface area contributed by atoms with E-state index in [2.05, 4.69) is 22.3 Å². The minimum absolute atomic E-state index is 0.142. The number of hydrogen-bond acceptors (Lipinski definition) is 2. The van der Waals surface area contributed by atoms with E-state index in [1.807, 2.05) is 47.3 Å². The van der Waals surface area contributed by atoms with Gasteiger partial charge in [0.05, 0.1) is 0 Å². The Morgan fingerprint density at radius 3 is 2.59 bits per heavy atom. The fourth-order valence-corrected chi connectivity index (χ4v) is 4.89. The van der Waals surface area contributed by atoms with Crippen molar-refractivity contribution in [1.82, 2.24) is 14.8 Å². The van der Waals surface area contributed by atoms with Crippen LogP contribution in [0.3, 0.4) is 0 Å². The van der Waals surface area contributed by atoms with E-state index < -0.39 is 0 Å². The van der Waals surface area contributed by atoms with Gasteiger partial charge >= 0.3 is 0 Å². The summed E-state index contributed by atoms with van der Waals surface area (Å²) in [7, 11) is 0. The van der Waals surface area contributed by atoms with E-state index in [0.29, 0.717) is 12.0 Å². The Kier molecular flexibility index (Phi) is 5.93. The first-order chi connectivity index (χ1) is 13.3. The summed E-state index contributed by atoms with van der Waals surface area (Å²) >= 11 is 0. The monoisotopic (exact) mass is 365 g/mol. The molecular formula is C23H31N3O. The highest BCUT2D eigenvalue weighted by atomic mass is 16.2. The summed E-state index contributed by atoms with van der Waals surface area (Å²) in [6.45, 7) is 3.30. The van der Waals surface area contributed by atoms with Gasteiger partial charge in [-0.1, -0.05) is 36.8 Å². The molecule has 1 aromatic carbocycles. The van der Waals surface area contributed by atoms with Crippen LogP contribution in [-0.4, -0.2) is 41.1 Å². The summed E-state index contributed by atoms with van der Waals surface area (Å²) in [5, 5.41) is 3.31. The molecule has 3 heterocycles.